The molecule has 5 nitrogen and oxygen atoms in total. The van der Waals surface area contributed by atoms with E-state index in [0.717, 1.165) is 42.3 Å². The van der Waals surface area contributed by atoms with E-state index < -0.39 is 0 Å². The van der Waals surface area contributed by atoms with Crippen LogP contribution in [0.15, 0.2) is 45.9 Å². The van der Waals surface area contributed by atoms with Crippen molar-refractivity contribution >= 4 is 22.2 Å². The molecule has 0 atom stereocenters. The van der Waals surface area contributed by atoms with Crippen LogP contribution in [0.3, 0.4) is 0 Å². The minimum absolute atomic E-state index is 0.222. The molecule has 3 aromatic heterocycles. The first kappa shape index (κ1) is 15.3. The van der Waals surface area contributed by atoms with E-state index in [4.69, 9.17) is 4.42 Å². The van der Waals surface area contributed by atoms with Crippen molar-refractivity contribution < 1.29 is 8.81 Å². The lowest BCUT2D eigenvalue weighted by Crippen LogP contribution is -2.20. The van der Waals surface area contributed by atoms with Crippen molar-refractivity contribution in [1.29, 1.82) is 0 Å². The van der Waals surface area contributed by atoms with Crippen molar-refractivity contribution in [1.82, 2.24) is 14.5 Å². The summed E-state index contributed by atoms with van der Waals surface area (Å²) >= 11 is 0. The smallest absolute Gasteiger partial charge is 0.297 e. The summed E-state index contributed by atoms with van der Waals surface area (Å²) in [6, 6.07) is 8.13. The minimum atomic E-state index is -0.304. The highest BCUT2D eigenvalue weighted by Gasteiger charge is 2.19. The zero-order valence-corrected chi connectivity index (χ0v) is 14.0. The molecular weight excluding hydrogens is 333 g/mol. The number of halogens is 1. The lowest BCUT2D eigenvalue weighted by atomic mass is 9.95. The van der Waals surface area contributed by atoms with Crippen molar-refractivity contribution in [3.63, 3.8) is 0 Å². The predicted octanol–water partition coefficient (Wildman–Crippen LogP) is 3.60. The topological polar surface area (TPSA) is 60.9 Å². The van der Waals surface area contributed by atoms with Crippen LogP contribution in [-0.4, -0.2) is 14.5 Å². The standard InChI is InChI=1S/C20H16FN3O2/c21-14-7-5-12(6-8-14)10-24-11-22-17-15-9-13-3-1-2-4-16(13)23-19(15)26-18(17)20(24)25/h5-9,11H,1-4,10H2. The number of pyridine rings is 1. The first-order valence-electron chi connectivity index (χ1n) is 8.74. The Morgan fingerprint density at radius 1 is 1.15 bits per heavy atom. The van der Waals surface area contributed by atoms with Crippen molar-refractivity contribution in [3.05, 3.63) is 69.7 Å². The van der Waals surface area contributed by atoms with Crippen molar-refractivity contribution in [2.75, 3.05) is 0 Å². The second kappa shape index (κ2) is 5.76. The maximum Gasteiger partial charge on any atom is 0.297 e. The summed E-state index contributed by atoms with van der Waals surface area (Å²) in [5.41, 5.74) is 4.11. The number of aromatic nitrogens is 3. The fourth-order valence-corrected chi connectivity index (χ4v) is 3.61. The molecule has 0 radical (unpaired) electrons. The number of rotatable bonds is 2. The van der Waals surface area contributed by atoms with Crippen molar-refractivity contribution in [3.8, 4) is 0 Å². The van der Waals surface area contributed by atoms with E-state index in [1.165, 1.54) is 28.6 Å². The van der Waals surface area contributed by atoms with E-state index in [-0.39, 0.29) is 17.0 Å². The van der Waals surface area contributed by atoms with E-state index in [1.54, 1.807) is 12.1 Å². The third-order valence-corrected chi connectivity index (χ3v) is 4.98. The number of fused-ring (bicyclic) bond motifs is 4. The molecule has 1 aliphatic rings. The molecule has 0 spiro atoms. The number of hydrogen-bond donors (Lipinski definition) is 0. The summed E-state index contributed by atoms with van der Waals surface area (Å²) in [7, 11) is 0. The van der Waals surface area contributed by atoms with E-state index in [1.807, 2.05) is 0 Å². The van der Waals surface area contributed by atoms with Crippen molar-refractivity contribution in [2.45, 2.75) is 32.2 Å². The Bertz CT molecular complexity index is 1190. The van der Waals surface area contributed by atoms with Gasteiger partial charge in [-0.05, 0) is 55.0 Å². The summed E-state index contributed by atoms with van der Waals surface area (Å²) in [5, 5.41) is 0.798. The Morgan fingerprint density at radius 2 is 1.96 bits per heavy atom. The largest absolute Gasteiger partial charge is 0.430 e. The first-order valence-corrected chi connectivity index (χ1v) is 8.74. The number of furan rings is 1. The molecule has 1 aromatic carbocycles. The van der Waals surface area contributed by atoms with Gasteiger partial charge in [-0.1, -0.05) is 12.1 Å². The van der Waals surface area contributed by atoms with Crippen LogP contribution in [0.1, 0.15) is 29.7 Å². The van der Waals surface area contributed by atoms with Crippen LogP contribution in [0.4, 0.5) is 4.39 Å². The second-order valence-corrected chi connectivity index (χ2v) is 6.74. The van der Waals surface area contributed by atoms with Gasteiger partial charge in [0.05, 0.1) is 18.3 Å². The number of hydrogen-bond acceptors (Lipinski definition) is 4. The van der Waals surface area contributed by atoms with E-state index >= 15 is 0 Å². The second-order valence-electron chi connectivity index (χ2n) is 6.74. The fraction of sp³-hybridized carbons (Fsp3) is 0.250. The molecular formula is C20H16FN3O2. The highest BCUT2D eigenvalue weighted by Crippen LogP contribution is 2.29. The monoisotopic (exact) mass is 349 g/mol. The van der Waals surface area contributed by atoms with E-state index in [9.17, 15) is 9.18 Å². The average molecular weight is 349 g/mol. The molecule has 5 rings (SSSR count). The third-order valence-electron chi connectivity index (χ3n) is 4.98. The van der Waals surface area contributed by atoms with Gasteiger partial charge in [-0.2, -0.15) is 0 Å². The lowest BCUT2D eigenvalue weighted by Gasteiger charge is -2.13. The molecule has 0 aliphatic heterocycles. The van der Waals surface area contributed by atoms with E-state index in [2.05, 4.69) is 16.0 Å². The summed E-state index contributed by atoms with van der Waals surface area (Å²) in [6.07, 6.45) is 5.77. The molecule has 0 amide bonds. The van der Waals surface area contributed by atoms with Crippen LogP contribution in [0.5, 0.6) is 0 Å². The van der Waals surface area contributed by atoms with Gasteiger partial charge in [-0.3, -0.25) is 9.36 Å². The molecule has 26 heavy (non-hydrogen) atoms. The highest BCUT2D eigenvalue weighted by atomic mass is 19.1. The summed E-state index contributed by atoms with van der Waals surface area (Å²) in [6.45, 7) is 0.309. The van der Waals surface area contributed by atoms with Gasteiger partial charge in [0.25, 0.3) is 5.56 Å². The lowest BCUT2D eigenvalue weighted by molar-refractivity contribution is 0.617. The fourth-order valence-electron chi connectivity index (χ4n) is 3.61. The van der Waals surface area contributed by atoms with Gasteiger partial charge in [0.2, 0.25) is 11.3 Å². The first-order chi connectivity index (χ1) is 12.7. The van der Waals surface area contributed by atoms with Gasteiger partial charge in [-0.15, -0.1) is 0 Å². The molecule has 0 bridgehead atoms. The Morgan fingerprint density at radius 3 is 2.81 bits per heavy atom. The van der Waals surface area contributed by atoms with Gasteiger partial charge in [-0.25, -0.2) is 14.4 Å². The van der Waals surface area contributed by atoms with E-state index in [0.29, 0.717) is 17.8 Å². The van der Waals surface area contributed by atoms with Gasteiger partial charge in [0, 0.05) is 5.69 Å². The summed E-state index contributed by atoms with van der Waals surface area (Å²) in [5.74, 6) is -0.304. The normalized spacial score (nSPS) is 14.0. The van der Waals surface area contributed by atoms with Crippen LogP contribution in [-0.2, 0) is 19.4 Å². The Labute approximate surface area is 148 Å². The minimum Gasteiger partial charge on any atom is -0.430 e. The molecule has 0 saturated carbocycles. The summed E-state index contributed by atoms with van der Waals surface area (Å²) < 4.78 is 20.3. The van der Waals surface area contributed by atoms with Crippen LogP contribution in [0, 0.1) is 5.82 Å². The zero-order chi connectivity index (χ0) is 17.7. The molecule has 6 heteroatoms. The molecule has 0 unspecified atom stereocenters. The molecule has 0 fully saturated rings. The van der Waals surface area contributed by atoms with Crippen LogP contribution in [0.25, 0.3) is 22.2 Å². The molecule has 0 N–H and O–H groups in total. The number of nitrogens with zero attached hydrogens (tertiary/aromatic N) is 3. The molecule has 3 heterocycles. The molecule has 1 aliphatic carbocycles. The van der Waals surface area contributed by atoms with Crippen LogP contribution < -0.4 is 5.56 Å². The molecule has 130 valence electrons. The quantitative estimate of drug-likeness (QED) is 0.555. The maximum absolute atomic E-state index is 13.1. The zero-order valence-electron chi connectivity index (χ0n) is 14.0. The Balaban J connectivity index is 1.64. The Hall–Kier alpha value is -3.02. The molecule has 0 saturated heterocycles. The highest BCUT2D eigenvalue weighted by molar-refractivity contribution is 6.00. The van der Waals surface area contributed by atoms with Gasteiger partial charge < -0.3 is 4.42 Å². The average Bonchev–Trinajstić information content (AvgIpc) is 3.02. The predicted molar refractivity (Wildman–Crippen MR) is 95.7 cm³/mol. The number of benzene rings is 1. The summed E-state index contributed by atoms with van der Waals surface area (Å²) in [4.78, 5) is 21.9. The SMILES string of the molecule is O=c1c2oc3nc4c(cc3c2ncn1Cc1ccc(F)cc1)CCCC4. The van der Waals surface area contributed by atoms with Gasteiger partial charge >= 0.3 is 0 Å². The Kier molecular flexibility index (Phi) is 3.38. The van der Waals surface area contributed by atoms with Crippen LogP contribution >= 0.6 is 0 Å². The van der Waals surface area contributed by atoms with Crippen LogP contribution in [0.2, 0.25) is 0 Å². The van der Waals surface area contributed by atoms with Crippen molar-refractivity contribution in [2.24, 2.45) is 0 Å². The van der Waals surface area contributed by atoms with Gasteiger partial charge in [0.15, 0.2) is 0 Å². The number of aryl methyl sites for hydroxylation is 2. The van der Waals surface area contributed by atoms with Gasteiger partial charge in [0.1, 0.15) is 11.3 Å². The molecule has 4 aromatic rings. The third kappa shape index (κ3) is 2.41. The maximum atomic E-state index is 13.1.